The predicted molar refractivity (Wildman–Crippen MR) is 71.9 cm³/mol. The minimum absolute atomic E-state index is 0.141. The van der Waals surface area contributed by atoms with Gasteiger partial charge in [-0.1, -0.05) is 23.7 Å². The Morgan fingerprint density at radius 1 is 1.22 bits per heavy atom. The molecule has 0 unspecified atom stereocenters. The highest BCUT2D eigenvalue weighted by Crippen LogP contribution is 2.16. The van der Waals surface area contributed by atoms with Crippen LogP contribution in [0, 0.1) is 0 Å². The lowest BCUT2D eigenvalue weighted by Crippen LogP contribution is -1.90. The monoisotopic (exact) mass is 284 g/mol. The fourth-order valence-corrected chi connectivity index (χ4v) is 1.43. The molecule has 3 N–H and O–H groups in total. The first-order valence-electron chi connectivity index (χ1n) is 4.86. The third-order valence-corrected chi connectivity index (χ3v) is 2.41. The van der Waals surface area contributed by atoms with Crippen LogP contribution in [0.4, 0.5) is 5.69 Å². The van der Waals surface area contributed by atoms with E-state index >= 15 is 0 Å². The smallest absolute Gasteiger partial charge is 0.255 e. The van der Waals surface area contributed by atoms with Gasteiger partial charge < -0.3 is 10.8 Å². The molecule has 1 heterocycles. The molecule has 94 valence electrons. The van der Waals surface area contributed by atoms with Crippen LogP contribution in [0.2, 0.25) is 5.15 Å². The molecule has 0 spiro atoms. The van der Waals surface area contributed by atoms with Gasteiger partial charge in [0.2, 0.25) is 0 Å². The van der Waals surface area contributed by atoms with E-state index in [1.54, 1.807) is 30.3 Å². The van der Waals surface area contributed by atoms with E-state index in [0.29, 0.717) is 5.69 Å². The lowest BCUT2D eigenvalue weighted by atomic mass is 10.3. The van der Waals surface area contributed by atoms with Crippen molar-refractivity contribution < 1.29 is 9.90 Å². The molecule has 0 aliphatic heterocycles. The summed E-state index contributed by atoms with van der Waals surface area (Å²) >= 11 is 10.6. The minimum Gasteiger partial charge on any atom is -0.506 e. The number of para-hydroxylation sites is 2. The van der Waals surface area contributed by atoms with Crippen LogP contribution in [-0.4, -0.2) is 15.3 Å². The standard InChI is InChI=1S/C6H3Cl2NO.C6H7NO/c7-5-4(6(8)10)2-1-3-9-5;7-5-3-1-2-4-6(5)8/h1-3H;1-4,8H,7H2. The number of phenols is 1. The summed E-state index contributed by atoms with van der Waals surface area (Å²) in [4.78, 5) is 14.2. The van der Waals surface area contributed by atoms with Crippen LogP contribution >= 0.6 is 23.2 Å². The van der Waals surface area contributed by atoms with E-state index in [2.05, 4.69) is 4.98 Å². The van der Waals surface area contributed by atoms with E-state index in [-0.39, 0.29) is 16.5 Å². The van der Waals surface area contributed by atoms with Crippen LogP contribution in [0.25, 0.3) is 0 Å². The van der Waals surface area contributed by atoms with E-state index in [4.69, 9.17) is 34.0 Å². The number of carbonyl (C=O) groups is 1. The lowest BCUT2D eigenvalue weighted by Gasteiger charge is -1.92. The zero-order chi connectivity index (χ0) is 13.5. The van der Waals surface area contributed by atoms with E-state index in [0.717, 1.165) is 0 Å². The number of aromatic hydroxyl groups is 1. The van der Waals surface area contributed by atoms with Crippen molar-refractivity contribution in [1.29, 1.82) is 0 Å². The third kappa shape index (κ3) is 4.24. The Balaban J connectivity index is 0.000000184. The quantitative estimate of drug-likeness (QED) is 0.365. The molecule has 6 heteroatoms. The SMILES string of the molecule is Nc1ccccc1O.O=C(Cl)c1cccnc1Cl. The molecular weight excluding hydrogens is 275 g/mol. The summed E-state index contributed by atoms with van der Waals surface area (Å²) in [6.45, 7) is 0. The Hall–Kier alpha value is -1.78. The summed E-state index contributed by atoms with van der Waals surface area (Å²) in [6.07, 6.45) is 1.49. The Morgan fingerprint density at radius 2 is 1.89 bits per heavy atom. The summed E-state index contributed by atoms with van der Waals surface area (Å²) in [6, 6.07) is 9.82. The van der Waals surface area contributed by atoms with Gasteiger partial charge in [0.15, 0.2) is 0 Å². The maximum atomic E-state index is 10.5. The first-order valence-corrected chi connectivity index (χ1v) is 5.61. The zero-order valence-electron chi connectivity index (χ0n) is 9.18. The Bertz CT molecular complexity index is 526. The number of hydrogen-bond donors (Lipinski definition) is 2. The van der Waals surface area contributed by atoms with Crippen molar-refractivity contribution in [2.24, 2.45) is 0 Å². The average molecular weight is 285 g/mol. The number of anilines is 1. The van der Waals surface area contributed by atoms with Crippen LogP contribution in [0.3, 0.4) is 0 Å². The fraction of sp³-hybridized carbons (Fsp3) is 0. The summed E-state index contributed by atoms with van der Waals surface area (Å²) < 4.78 is 0. The van der Waals surface area contributed by atoms with Crippen molar-refractivity contribution in [2.45, 2.75) is 0 Å². The summed E-state index contributed by atoms with van der Waals surface area (Å²) in [5, 5.41) is 8.35. The molecule has 0 radical (unpaired) electrons. The van der Waals surface area contributed by atoms with Crippen molar-refractivity contribution in [1.82, 2.24) is 4.98 Å². The van der Waals surface area contributed by atoms with Gasteiger partial charge >= 0.3 is 0 Å². The van der Waals surface area contributed by atoms with Crippen molar-refractivity contribution in [3.05, 3.63) is 53.3 Å². The molecule has 0 aliphatic rings. The number of benzene rings is 1. The highest BCUT2D eigenvalue weighted by atomic mass is 35.5. The van der Waals surface area contributed by atoms with Gasteiger partial charge in [-0.3, -0.25) is 4.79 Å². The number of phenolic OH excluding ortho intramolecular Hbond substituents is 1. The van der Waals surface area contributed by atoms with Gasteiger partial charge in [-0.25, -0.2) is 4.98 Å². The highest BCUT2D eigenvalue weighted by Gasteiger charge is 2.05. The summed E-state index contributed by atoms with van der Waals surface area (Å²) in [7, 11) is 0. The van der Waals surface area contributed by atoms with Gasteiger partial charge in [-0.2, -0.15) is 0 Å². The van der Waals surface area contributed by atoms with Crippen LogP contribution in [0.1, 0.15) is 10.4 Å². The number of nitrogen functional groups attached to an aromatic ring is 1. The molecule has 0 atom stereocenters. The molecule has 0 amide bonds. The number of rotatable bonds is 1. The van der Waals surface area contributed by atoms with E-state index < -0.39 is 5.24 Å². The van der Waals surface area contributed by atoms with Crippen LogP contribution < -0.4 is 5.73 Å². The summed E-state index contributed by atoms with van der Waals surface area (Å²) in [5.74, 6) is 0.146. The molecule has 2 aromatic rings. The average Bonchev–Trinajstić information content (AvgIpc) is 2.34. The van der Waals surface area contributed by atoms with Gasteiger partial charge in [0.05, 0.1) is 11.3 Å². The molecule has 0 saturated heterocycles. The number of nitrogens with two attached hydrogens (primary N) is 1. The van der Waals surface area contributed by atoms with Crippen LogP contribution in [0.15, 0.2) is 42.6 Å². The van der Waals surface area contributed by atoms with Gasteiger partial charge in [-0.15, -0.1) is 0 Å². The number of carbonyl (C=O) groups excluding carboxylic acids is 1. The Kier molecular flexibility index (Phi) is 5.42. The second-order valence-electron chi connectivity index (χ2n) is 3.17. The highest BCUT2D eigenvalue weighted by molar-refractivity contribution is 6.68. The number of nitrogens with zero attached hydrogens (tertiary/aromatic N) is 1. The number of hydrogen-bond acceptors (Lipinski definition) is 4. The van der Waals surface area contributed by atoms with Crippen molar-refractivity contribution >= 4 is 34.1 Å². The molecule has 1 aromatic heterocycles. The second-order valence-corrected chi connectivity index (χ2v) is 3.88. The Labute approximate surface area is 114 Å². The number of halogens is 2. The van der Waals surface area contributed by atoms with Gasteiger partial charge in [-0.05, 0) is 35.9 Å². The van der Waals surface area contributed by atoms with Crippen molar-refractivity contribution in [3.8, 4) is 5.75 Å². The molecule has 0 bridgehead atoms. The largest absolute Gasteiger partial charge is 0.506 e. The van der Waals surface area contributed by atoms with E-state index in [1.807, 2.05) is 0 Å². The molecule has 0 fully saturated rings. The van der Waals surface area contributed by atoms with Gasteiger partial charge in [0.25, 0.3) is 5.24 Å². The summed E-state index contributed by atoms with van der Waals surface area (Å²) in [5.41, 5.74) is 5.93. The molecule has 0 aliphatic carbocycles. The van der Waals surface area contributed by atoms with Gasteiger partial charge in [0.1, 0.15) is 10.9 Å². The number of aromatic nitrogens is 1. The maximum Gasteiger partial charge on any atom is 0.255 e. The first-order chi connectivity index (χ1) is 8.52. The molecule has 4 nitrogen and oxygen atoms in total. The second kappa shape index (κ2) is 6.83. The van der Waals surface area contributed by atoms with Crippen LogP contribution in [0.5, 0.6) is 5.75 Å². The zero-order valence-corrected chi connectivity index (χ0v) is 10.7. The van der Waals surface area contributed by atoms with Crippen molar-refractivity contribution in [2.75, 3.05) is 5.73 Å². The molecule has 2 rings (SSSR count). The van der Waals surface area contributed by atoms with Crippen molar-refractivity contribution in [3.63, 3.8) is 0 Å². The normalized spacial score (nSPS) is 9.22. The predicted octanol–water partition coefficient (Wildman–Crippen LogP) is 3.09. The number of pyridine rings is 1. The first kappa shape index (κ1) is 14.3. The fourth-order valence-electron chi connectivity index (χ4n) is 1.02. The third-order valence-electron chi connectivity index (χ3n) is 1.91. The molecule has 0 saturated carbocycles. The lowest BCUT2D eigenvalue weighted by molar-refractivity contribution is 0.108. The minimum atomic E-state index is -0.585. The van der Waals surface area contributed by atoms with E-state index in [9.17, 15) is 4.79 Å². The maximum absolute atomic E-state index is 10.5. The molecular formula is C12H10Cl2N2O2. The van der Waals surface area contributed by atoms with Gasteiger partial charge in [0, 0.05) is 6.20 Å². The molecule has 1 aromatic carbocycles. The van der Waals surface area contributed by atoms with E-state index in [1.165, 1.54) is 12.3 Å². The molecule has 18 heavy (non-hydrogen) atoms. The Morgan fingerprint density at radius 3 is 2.28 bits per heavy atom. The topological polar surface area (TPSA) is 76.2 Å². The van der Waals surface area contributed by atoms with Crippen LogP contribution in [-0.2, 0) is 0 Å².